The van der Waals surface area contributed by atoms with E-state index >= 15 is 0 Å². The van der Waals surface area contributed by atoms with Crippen molar-refractivity contribution in [1.29, 1.82) is 0 Å². The fraction of sp³-hybridized carbons (Fsp3) is 0.375. The van der Waals surface area contributed by atoms with E-state index in [9.17, 15) is 9.59 Å². The van der Waals surface area contributed by atoms with Crippen LogP contribution in [0.3, 0.4) is 0 Å². The lowest BCUT2D eigenvalue weighted by Gasteiger charge is -2.36. The second kappa shape index (κ2) is 11.6. The number of rotatable bonds is 8. The largest absolute Gasteiger partial charge is 0.492 e. The summed E-state index contributed by atoms with van der Waals surface area (Å²) >= 11 is 0. The molecule has 2 saturated heterocycles. The lowest BCUT2D eigenvalue weighted by Crippen LogP contribution is -2.48. The Labute approximate surface area is 235 Å². The zero-order valence-electron chi connectivity index (χ0n) is 22.9. The molecule has 0 saturated carbocycles. The smallest absolute Gasteiger partial charge is 0.256 e. The third-order valence-corrected chi connectivity index (χ3v) is 7.99. The van der Waals surface area contributed by atoms with Gasteiger partial charge in [0.25, 0.3) is 11.8 Å². The summed E-state index contributed by atoms with van der Waals surface area (Å²) in [6.07, 6.45) is 1.79. The van der Waals surface area contributed by atoms with Gasteiger partial charge in [-0.25, -0.2) is 0 Å². The molecule has 208 valence electrons. The van der Waals surface area contributed by atoms with Gasteiger partial charge in [-0.05, 0) is 62.2 Å². The van der Waals surface area contributed by atoms with Crippen LogP contribution >= 0.6 is 0 Å². The monoisotopic (exact) mass is 540 g/mol. The van der Waals surface area contributed by atoms with E-state index in [0.717, 1.165) is 60.8 Å². The molecule has 3 aromatic rings. The number of ether oxygens (including phenoxy) is 2. The van der Waals surface area contributed by atoms with Gasteiger partial charge in [0.2, 0.25) is 0 Å². The van der Waals surface area contributed by atoms with Crippen molar-refractivity contribution in [3.8, 4) is 5.75 Å². The maximum atomic E-state index is 13.3. The van der Waals surface area contributed by atoms with Gasteiger partial charge in [0.15, 0.2) is 0 Å². The number of carbonyl (C=O) groups excluding carboxylic acids is 2. The van der Waals surface area contributed by atoms with Gasteiger partial charge in [0.05, 0.1) is 18.4 Å². The molecule has 8 heteroatoms. The Balaban J connectivity index is 1.11. The fourth-order valence-electron chi connectivity index (χ4n) is 5.92. The van der Waals surface area contributed by atoms with Gasteiger partial charge in [-0.15, -0.1) is 0 Å². The Morgan fingerprint density at radius 2 is 1.73 bits per heavy atom. The quantitative estimate of drug-likeness (QED) is 0.443. The molecule has 0 aliphatic carbocycles. The van der Waals surface area contributed by atoms with Crippen molar-refractivity contribution in [2.45, 2.75) is 32.0 Å². The molecule has 0 radical (unpaired) electrons. The van der Waals surface area contributed by atoms with Crippen LogP contribution in [0.5, 0.6) is 5.75 Å². The maximum Gasteiger partial charge on any atom is 0.256 e. The number of piperazine rings is 1. The number of hydrogen-bond acceptors (Lipinski definition) is 6. The summed E-state index contributed by atoms with van der Waals surface area (Å²) < 4.78 is 11.6. The average molecular weight is 541 g/mol. The summed E-state index contributed by atoms with van der Waals surface area (Å²) in [6.45, 7) is 6.73. The van der Waals surface area contributed by atoms with Gasteiger partial charge in [-0.3, -0.25) is 9.59 Å². The van der Waals surface area contributed by atoms with Gasteiger partial charge in [-0.1, -0.05) is 30.3 Å². The van der Waals surface area contributed by atoms with Crippen LogP contribution in [0.1, 0.15) is 52.2 Å². The van der Waals surface area contributed by atoms with E-state index in [1.54, 1.807) is 0 Å². The molecule has 0 unspecified atom stereocenters. The predicted molar refractivity (Wildman–Crippen MR) is 155 cm³/mol. The van der Waals surface area contributed by atoms with Crippen molar-refractivity contribution in [1.82, 2.24) is 9.80 Å². The Bertz CT molecular complexity index is 1350. The van der Waals surface area contributed by atoms with E-state index in [1.807, 2.05) is 83.5 Å². The summed E-state index contributed by atoms with van der Waals surface area (Å²) in [5.41, 5.74) is 4.29. The maximum absolute atomic E-state index is 13.3. The van der Waals surface area contributed by atoms with Gasteiger partial charge in [0.1, 0.15) is 11.9 Å². The third-order valence-electron chi connectivity index (χ3n) is 7.99. The number of fused-ring (bicyclic) bond motifs is 1. The van der Waals surface area contributed by atoms with Crippen molar-refractivity contribution in [3.63, 3.8) is 0 Å². The molecule has 3 heterocycles. The standard InChI is InChI=1S/C32H36N4O4/c1-2-39-29-12-6-5-11-28(29)34-17-19-35(20-18-34)31(37)23-13-15-24(16-14-23)33-30-26-9-3-4-10-27(26)32(38)36(30)22-25-8-7-21-40-25/h3-6,9-16,25,30,33H,2,7-8,17-22H2,1H3/t25-,30+/m0/s1. The topological polar surface area (TPSA) is 74.4 Å². The van der Waals surface area contributed by atoms with Crippen molar-refractivity contribution in [2.24, 2.45) is 0 Å². The van der Waals surface area contributed by atoms with Crippen LogP contribution in [0.4, 0.5) is 11.4 Å². The highest BCUT2D eigenvalue weighted by Crippen LogP contribution is 2.35. The minimum Gasteiger partial charge on any atom is -0.492 e. The predicted octanol–water partition coefficient (Wildman–Crippen LogP) is 4.79. The number of para-hydroxylation sites is 2. The van der Waals surface area contributed by atoms with Crippen LogP contribution in [0.15, 0.2) is 72.8 Å². The molecule has 40 heavy (non-hydrogen) atoms. The molecule has 1 N–H and O–H groups in total. The van der Waals surface area contributed by atoms with Gasteiger partial charge in [0, 0.05) is 61.7 Å². The van der Waals surface area contributed by atoms with E-state index < -0.39 is 0 Å². The molecule has 6 rings (SSSR count). The van der Waals surface area contributed by atoms with Crippen molar-refractivity contribution in [2.75, 3.05) is 56.2 Å². The summed E-state index contributed by atoms with van der Waals surface area (Å²) in [6, 6.07) is 23.4. The number of hydrogen-bond donors (Lipinski definition) is 1. The second-order valence-corrected chi connectivity index (χ2v) is 10.5. The minimum absolute atomic E-state index is 0.0263. The number of carbonyl (C=O) groups is 2. The Hall–Kier alpha value is -4.04. The van der Waals surface area contributed by atoms with Gasteiger partial charge in [-0.2, -0.15) is 0 Å². The van der Waals surface area contributed by atoms with E-state index in [2.05, 4.69) is 16.3 Å². The Morgan fingerprint density at radius 1 is 0.975 bits per heavy atom. The average Bonchev–Trinajstić information content (AvgIpc) is 3.61. The van der Waals surface area contributed by atoms with Gasteiger partial charge >= 0.3 is 0 Å². The van der Waals surface area contributed by atoms with E-state index in [1.165, 1.54) is 0 Å². The molecule has 2 fully saturated rings. The highest BCUT2D eigenvalue weighted by atomic mass is 16.5. The number of amides is 2. The Kier molecular flexibility index (Phi) is 7.60. The SMILES string of the molecule is CCOc1ccccc1N1CCN(C(=O)c2ccc(N[C@H]3c4ccccc4C(=O)N3C[C@@H]3CCCO3)cc2)CC1. The van der Waals surface area contributed by atoms with E-state index in [4.69, 9.17) is 9.47 Å². The first kappa shape index (κ1) is 26.2. The molecular weight excluding hydrogens is 504 g/mol. The zero-order chi connectivity index (χ0) is 27.5. The molecule has 0 bridgehead atoms. The fourth-order valence-corrected chi connectivity index (χ4v) is 5.92. The summed E-state index contributed by atoms with van der Waals surface area (Å²) in [5.74, 6) is 0.942. The van der Waals surface area contributed by atoms with E-state index in [-0.39, 0.29) is 24.1 Å². The van der Waals surface area contributed by atoms with E-state index in [0.29, 0.717) is 31.8 Å². The molecule has 0 aromatic heterocycles. The summed E-state index contributed by atoms with van der Waals surface area (Å²) in [5, 5.41) is 3.54. The normalized spacial score (nSPS) is 20.5. The van der Waals surface area contributed by atoms with Crippen molar-refractivity contribution >= 4 is 23.2 Å². The molecular formula is C32H36N4O4. The van der Waals surface area contributed by atoms with Crippen molar-refractivity contribution < 1.29 is 19.1 Å². The minimum atomic E-state index is -0.276. The van der Waals surface area contributed by atoms with Crippen LogP contribution in [-0.4, -0.2) is 73.7 Å². The number of nitrogens with zero attached hydrogens (tertiary/aromatic N) is 3. The van der Waals surface area contributed by atoms with Crippen LogP contribution in [0, 0.1) is 0 Å². The summed E-state index contributed by atoms with van der Waals surface area (Å²) in [4.78, 5) is 32.6. The molecule has 0 spiro atoms. The molecule has 3 aliphatic heterocycles. The van der Waals surface area contributed by atoms with Gasteiger partial charge < -0.3 is 29.5 Å². The Morgan fingerprint density at radius 3 is 2.48 bits per heavy atom. The molecule has 2 amide bonds. The first-order valence-electron chi connectivity index (χ1n) is 14.3. The summed E-state index contributed by atoms with van der Waals surface area (Å²) in [7, 11) is 0. The van der Waals surface area contributed by atoms with Crippen molar-refractivity contribution in [3.05, 3.63) is 89.5 Å². The third kappa shape index (κ3) is 5.23. The molecule has 3 aromatic carbocycles. The lowest BCUT2D eigenvalue weighted by molar-refractivity contribution is 0.0489. The molecule has 3 aliphatic rings. The number of benzene rings is 3. The lowest BCUT2D eigenvalue weighted by atomic mass is 10.1. The second-order valence-electron chi connectivity index (χ2n) is 10.5. The van der Waals surface area contributed by atoms with Crippen LogP contribution in [0.2, 0.25) is 0 Å². The zero-order valence-corrected chi connectivity index (χ0v) is 22.9. The first-order chi connectivity index (χ1) is 19.6. The molecule has 8 nitrogen and oxygen atoms in total. The van der Waals surface area contributed by atoms with Crippen LogP contribution in [0.25, 0.3) is 0 Å². The molecule has 2 atom stereocenters. The number of nitrogens with one attached hydrogen (secondary N) is 1. The number of anilines is 2. The highest BCUT2D eigenvalue weighted by molar-refractivity contribution is 5.99. The van der Waals surface area contributed by atoms with Crippen LogP contribution in [-0.2, 0) is 4.74 Å². The first-order valence-corrected chi connectivity index (χ1v) is 14.3. The van der Waals surface area contributed by atoms with Crippen LogP contribution < -0.4 is 15.0 Å². The highest BCUT2D eigenvalue weighted by Gasteiger charge is 2.38.